The van der Waals surface area contributed by atoms with Crippen molar-refractivity contribution < 1.29 is 14.6 Å². The molecule has 0 amide bonds. The van der Waals surface area contributed by atoms with Gasteiger partial charge in [-0.3, -0.25) is 0 Å². The van der Waals surface area contributed by atoms with Crippen LogP contribution in [0.1, 0.15) is 23.3 Å². The van der Waals surface area contributed by atoms with E-state index in [0.717, 1.165) is 43.0 Å². The van der Waals surface area contributed by atoms with Crippen LogP contribution in [0.4, 0.5) is 5.82 Å². The third kappa shape index (κ3) is 3.23. The summed E-state index contributed by atoms with van der Waals surface area (Å²) in [6, 6.07) is 3.73. The summed E-state index contributed by atoms with van der Waals surface area (Å²) in [5.74, 6) is -0.277. The number of nitrogens with one attached hydrogen (secondary N) is 2. The van der Waals surface area contributed by atoms with E-state index in [1.54, 1.807) is 18.5 Å². The van der Waals surface area contributed by atoms with Crippen molar-refractivity contribution in [2.45, 2.75) is 18.9 Å². The summed E-state index contributed by atoms with van der Waals surface area (Å²) in [6.07, 6.45) is 5.08. The van der Waals surface area contributed by atoms with E-state index >= 15 is 0 Å². The van der Waals surface area contributed by atoms with Crippen LogP contribution in [0.5, 0.6) is 0 Å². The van der Waals surface area contributed by atoms with Gasteiger partial charge in [-0.15, -0.1) is 0 Å². The zero-order valence-electron chi connectivity index (χ0n) is 11.8. The smallest absolute Gasteiger partial charge is 0.352 e. The van der Waals surface area contributed by atoms with E-state index < -0.39 is 5.97 Å². The van der Waals surface area contributed by atoms with Gasteiger partial charge in [0.1, 0.15) is 11.5 Å². The van der Waals surface area contributed by atoms with Gasteiger partial charge >= 0.3 is 5.97 Å². The number of aromatic carboxylic acids is 1. The van der Waals surface area contributed by atoms with Crippen molar-refractivity contribution in [3.63, 3.8) is 0 Å². The molecule has 2 aromatic rings. The van der Waals surface area contributed by atoms with Crippen LogP contribution in [-0.4, -0.2) is 40.3 Å². The third-order valence-corrected chi connectivity index (χ3v) is 3.95. The van der Waals surface area contributed by atoms with Crippen molar-refractivity contribution in [3.05, 3.63) is 35.2 Å². The number of hydrogen-bond donors (Lipinski definition) is 3. The second kappa shape index (κ2) is 6.37. The lowest BCUT2D eigenvalue weighted by Crippen LogP contribution is -2.28. The molecular formula is C15H16ClN3O3. The molecule has 7 heteroatoms. The van der Waals surface area contributed by atoms with E-state index in [1.165, 1.54) is 0 Å². The van der Waals surface area contributed by atoms with Crippen molar-refractivity contribution in [2.75, 3.05) is 18.5 Å². The number of nitrogens with zero attached hydrogens (tertiary/aromatic N) is 1. The van der Waals surface area contributed by atoms with Gasteiger partial charge in [-0.25, -0.2) is 9.78 Å². The molecule has 0 aliphatic carbocycles. The van der Waals surface area contributed by atoms with Crippen molar-refractivity contribution in [2.24, 2.45) is 0 Å². The van der Waals surface area contributed by atoms with Gasteiger partial charge < -0.3 is 20.1 Å². The molecule has 6 nitrogen and oxygen atoms in total. The number of anilines is 1. The Balaban J connectivity index is 1.83. The zero-order valence-corrected chi connectivity index (χ0v) is 12.6. The maximum Gasteiger partial charge on any atom is 0.352 e. The lowest BCUT2D eigenvalue weighted by atomic mass is 10.1. The first-order valence-electron chi connectivity index (χ1n) is 7.05. The third-order valence-electron chi connectivity index (χ3n) is 3.65. The van der Waals surface area contributed by atoms with E-state index in [4.69, 9.17) is 21.4 Å². The van der Waals surface area contributed by atoms with Crippen LogP contribution in [-0.2, 0) is 4.74 Å². The zero-order chi connectivity index (χ0) is 15.5. The van der Waals surface area contributed by atoms with Gasteiger partial charge in [0.15, 0.2) is 0 Å². The van der Waals surface area contributed by atoms with Gasteiger partial charge in [-0.1, -0.05) is 11.6 Å². The SMILES string of the molecule is O=C(O)c1cc(-c2cc(NC3CCOCC3)ncc2Cl)c[nH]1. The van der Waals surface area contributed by atoms with Crippen LogP contribution in [0.3, 0.4) is 0 Å². The first kappa shape index (κ1) is 14.9. The highest BCUT2D eigenvalue weighted by atomic mass is 35.5. The number of rotatable bonds is 4. The maximum atomic E-state index is 11.0. The van der Waals surface area contributed by atoms with Crippen LogP contribution in [0.25, 0.3) is 11.1 Å². The topological polar surface area (TPSA) is 87.2 Å². The normalized spacial score (nSPS) is 15.7. The number of pyridine rings is 1. The molecule has 116 valence electrons. The number of carbonyl (C=O) groups is 1. The summed E-state index contributed by atoms with van der Waals surface area (Å²) in [5.41, 5.74) is 1.59. The molecule has 0 atom stereocenters. The largest absolute Gasteiger partial charge is 0.477 e. The molecule has 1 saturated heterocycles. The van der Waals surface area contributed by atoms with Crippen LogP contribution in [0, 0.1) is 0 Å². The van der Waals surface area contributed by atoms with E-state index in [-0.39, 0.29) is 5.69 Å². The van der Waals surface area contributed by atoms with Gasteiger partial charge in [0.05, 0.1) is 5.02 Å². The van der Waals surface area contributed by atoms with Crippen molar-refractivity contribution in [1.29, 1.82) is 0 Å². The van der Waals surface area contributed by atoms with E-state index in [0.29, 0.717) is 11.1 Å². The summed E-state index contributed by atoms with van der Waals surface area (Å²) < 4.78 is 5.33. The van der Waals surface area contributed by atoms with E-state index in [1.807, 2.05) is 6.07 Å². The Labute approximate surface area is 132 Å². The fourth-order valence-electron chi connectivity index (χ4n) is 2.46. The predicted octanol–water partition coefficient (Wildman–Crippen LogP) is 3.02. The molecule has 3 heterocycles. The van der Waals surface area contributed by atoms with Gasteiger partial charge in [0.2, 0.25) is 0 Å². The number of aromatic nitrogens is 2. The number of carboxylic acids is 1. The maximum absolute atomic E-state index is 11.0. The second-order valence-corrected chi connectivity index (χ2v) is 5.59. The summed E-state index contributed by atoms with van der Waals surface area (Å²) in [6.45, 7) is 1.50. The molecular weight excluding hydrogens is 306 g/mol. The molecule has 0 spiro atoms. The molecule has 3 rings (SSSR count). The Morgan fingerprint density at radius 2 is 2.18 bits per heavy atom. The average Bonchev–Trinajstić information content (AvgIpc) is 3.00. The highest BCUT2D eigenvalue weighted by Crippen LogP contribution is 2.30. The predicted molar refractivity (Wildman–Crippen MR) is 83.5 cm³/mol. The standard InChI is InChI=1S/C15H16ClN3O3/c16-12-8-18-14(19-10-1-3-22-4-2-10)6-11(12)9-5-13(15(20)21)17-7-9/h5-8,10,17H,1-4H2,(H,18,19)(H,20,21). The molecule has 2 aromatic heterocycles. The number of hydrogen-bond acceptors (Lipinski definition) is 4. The summed E-state index contributed by atoms with van der Waals surface area (Å²) >= 11 is 6.19. The first-order chi connectivity index (χ1) is 10.6. The van der Waals surface area contributed by atoms with Crippen molar-refractivity contribution in [1.82, 2.24) is 9.97 Å². The average molecular weight is 322 g/mol. The Kier molecular flexibility index (Phi) is 4.31. The molecule has 0 aromatic carbocycles. The van der Waals surface area contributed by atoms with E-state index in [9.17, 15) is 4.79 Å². The van der Waals surface area contributed by atoms with Crippen LogP contribution >= 0.6 is 11.6 Å². The fourth-order valence-corrected chi connectivity index (χ4v) is 2.68. The molecule has 0 unspecified atom stereocenters. The van der Waals surface area contributed by atoms with Crippen molar-refractivity contribution >= 4 is 23.4 Å². The minimum absolute atomic E-state index is 0.127. The van der Waals surface area contributed by atoms with Gasteiger partial charge in [-0.2, -0.15) is 0 Å². The Morgan fingerprint density at radius 1 is 1.41 bits per heavy atom. The lowest BCUT2D eigenvalue weighted by molar-refractivity contribution is 0.0691. The molecule has 1 aliphatic rings. The van der Waals surface area contributed by atoms with Crippen LogP contribution in [0.15, 0.2) is 24.5 Å². The molecule has 0 saturated carbocycles. The summed E-state index contributed by atoms with van der Waals surface area (Å²) in [5, 5.41) is 12.8. The Hall–Kier alpha value is -2.05. The second-order valence-electron chi connectivity index (χ2n) is 5.19. The minimum Gasteiger partial charge on any atom is -0.477 e. The summed E-state index contributed by atoms with van der Waals surface area (Å²) in [4.78, 5) is 18.0. The number of ether oxygens (including phenoxy) is 1. The minimum atomic E-state index is -1.00. The van der Waals surface area contributed by atoms with Crippen LogP contribution in [0.2, 0.25) is 5.02 Å². The summed E-state index contributed by atoms with van der Waals surface area (Å²) in [7, 11) is 0. The van der Waals surface area contributed by atoms with E-state index in [2.05, 4.69) is 15.3 Å². The number of aromatic amines is 1. The molecule has 22 heavy (non-hydrogen) atoms. The Bertz CT molecular complexity index is 680. The van der Waals surface area contributed by atoms with Crippen molar-refractivity contribution in [3.8, 4) is 11.1 Å². The first-order valence-corrected chi connectivity index (χ1v) is 7.43. The molecule has 1 aliphatic heterocycles. The van der Waals surface area contributed by atoms with Crippen LogP contribution < -0.4 is 5.32 Å². The highest BCUT2D eigenvalue weighted by Gasteiger charge is 2.16. The molecule has 1 fully saturated rings. The number of halogens is 1. The fraction of sp³-hybridized carbons (Fsp3) is 0.333. The molecule has 3 N–H and O–H groups in total. The quantitative estimate of drug-likeness (QED) is 0.805. The Morgan fingerprint density at radius 3 is 2.86 bits per heavy atom. The monoisotopic (exact) mass is 321 g/mol. The van der Waals surface area contributed by atoms with Gasteiger partial charge in [0, 0.05) is 42.8 Å². The lowest BCUT2D eigenvalue weighted by Gasteiger charge is -2.23. The van der Waals surface area contributed by atoms with Gasteiger partial charge in [0.25, 0.3) is 0 Å². The number of carboxylic acid groups (broad SMARTS) is 1. The molecule has 0 radical (unpaired) electrons. The van der Waals surface area contributed by atoms with Gasteiger partial charge in [-0.05, 0) is 25.0 Å². The number of H-pyrrole nitrogens is 1. The molecule has 0 bridgehead atoms. The highest BCUT2D eigenvalue weighted by molar-refractivity contribution is 6.33.